The number of carbonyl (C=O) groups is 1. The topological polar surface area (TPSA) is 84.1 Å². The second kappa shape index (κ2) is 6.43. The third-order valence-electron chi connectivity index (χ3n) is 3.71. The molecule has 2 aromatic rings. The van der Waals surface area contributed by atoms with E-state index in [1.54, 1.807) is 0 Å². The molecule has 1 aromatic carbocycles. The highest BCUT2D eigenvalue weighted by Crippen LogP contribution is 2.26. The van der Waals surface area contributed by atoms with Crippen LogP contribution in [0.4, 0.5) is 0 Å². The van der Waals surface area contributed by atoms with E-state index in [1.165, 1.54) is 12.4 Å². The number of nitrogens with zero attached hydrogens (tertiary/aromatic N) is 1. The molecule has 0 spiro atoms. The van der Waals surface area contributed by atoms with Gasteiger partial charge in [0.2, 0.25) is 5.91 Å². The number of amides is 1. The summed E-state index contributed by atoms with van der Waals surface area (Å²) in [4.78, 5) is 30.0. The molecular formula is C16H17N3O3. The van der Waals surface area contributed by atoms with Crippen molar-refractivity contribution in [3.8, 4) is 5.75 Å². The van der Waals surface area contributed by atoms with Crippen LogP contribution in [-0.2, 0) is 17.8 Å². The molecule has 1 amide bonds. The predicted molar refractivity (Wildman–Crippen MR) is 80.5 cm³/mol. The number of aromatic nitrogens is 2. The van der Waals surface area contributed by atoms with Crippen LogP contribution in [0.15, 0.2) is 41.5 Å². The van der Waals surface area contributed by atoms with E-state index in [0.29, 0.717) is 25.1 Å². The minimum atomic E-state index is -0.226. The van der Waals surface area contributed by atoms with E-state index >= 15 is 0 Å². The molecule has 1 aliphatic rings. The molecule has 0 fully saturated rings. The summed E-state index contributed by atoms with van der Waals surface area (Å²) in [6.07, 6.45) is 2.66. The Labute approximate surface area is 127 Å². The fourth-order valence-corrected chi connectivity index (χ4v) is 2.54. The first kappa shape index (κ1) is 14.3. The molecule has 0 radical (unpaired) electrons. The minimum Gasteiger partial charge on any atom is -0.493 e. The summed E-state index contributed by atoms with van der Waals surface area (Å²) in [6, 6.07) is 9.17. The van der Waals surface area contributed by atoms with Crippen molar-refractivity contribution in [2.45, 2.75) is 19.4 Å². The number of nitrogens with one attached hydrogen (secondary N) is 2. The van der Waals surface area contributed by atoms with Crippen molar-refractivity contribution in [2.75, 3.05) is 6.61 Å². The van der Waals surface area contributed by atoms with Crippen LogP contribution < -0.4 is 15.6 Å². The predicted octanol–water partition coefficient (Wildman–Crippen LogP) is 1.03. The standard InChI is InChI=1S/C16H17N3O3/c20-15-8-13(18-10-19-15)9-17-16(21)12-5-6-22-14-4-2-1-3-11(14)7-12/h1-4,8,10,12H,5-7,9H2,(H,17,21)(H,18,19,20)/t12-/m0/s1. The van der Waals surface area contributed by atoms with Crippen LogP contribution in [0.2, 0.25) is 0 Å². The van der Waals surface area contributed by atoms with E-state index in [1.807, 2.05) is 24.3 Å². The highest BCUT2D eigenvalue weighted by molar-refractivity contribution is 5.79. The first-order valence-corrected chi connectivity index (χ1v) is 7.24. The Kier molecular flexibility index (Phi) is 4.18. The monoisotopic (exact) mass is 299 g/mol. The number of para-hydroxylation sites is 1. The third-order valence-corrected chi connectivity index (χ3v) is 3.71. The maximum Gasteiger partial charge on any atom is 0.250 e. The first-order valence-electron chi connectivity index (χ1n) is 7.24. The molecule has 1 atom stereocenters. The molecule has 22 heavy (non-hydrogen) atoms. The fraction of sp³-hybridized carbons (Fsp3) is 0.312. The molecule has 0 bridgehead atoms. The molecule has 0 aliphatic carbocycles. The first-order chi connectivity index (χ1) is 10.7. The lowest BCUT2D eigenvalue weighted by Crippen LogP contribution is -2.32. The van der Waals surface area contributed by atoms with Crippen molar-refractivity contribution >= 4 is 5.91 Å². The highest BCUT2D eigenvalue weighted by atomic mass is 16.5. The second-order valence-electron chi connectivity index (χ2n) is 5.27. The number of ether oxygens (including phenoxy) is 1. The molecule has 2 heterocycles. The Hall–Kier alpha value is -2.63. The lowest BCUT2D eigenvalue weighted by Gasteiger charge is -2.13. The second-order valence-corrected chi connectivity index (χ2v) is 5.27. The van der Waals surface area contributed by atoms with Gasteiger partial charge in [-0.3, -0.25) is 9.59 Å². The molecule has 1 aromatic heterocycles. The molecular weight excluding hydrogens is 282 g/mol. The van der Waals surface area contributed by atoms with Gasteiger partial charge in [0.05, 0.1) is 25.2 Å². The van der Waals surface area contributed by atoms with Crippen LogP contribution in [0, 0.1) is 5.92 Å². The number of carbonyl (C=O) groups excluding carboxylic acids is 1. The molecule has 0 saturated heterocycles. The molecule has 1 aliphatic heterocycles. The third kappa shape index (κ3) is 3.33. The van der Waals surface area contributed by atoms with Gasteiger partial charge < -0.3 is 15.0 Å². The quantitative estimate of drug-likeness (QED) is 0.886. The van der Waals surface area contributed by atoms with E-state index in [0.717, 1.165) is 11.3 Å². The van der Waals surface area contributed by atoms with Crippen LogP contribution in [0.5, 0.6) is 5.75 Å². The van der Waals surface area contributed by atoms with Crippen molar-refractivity contribution in [2.24, 2.45) is 5.92 Å². The van der Waals surface area contributed by atoms with Gasteiger partial charge in [0.25, 0.3) is 5.56 Å². The van der Waals surface area contributed by atoms with E-state index in [2.05, 4.69) is 15.3 Å². The summed E-state index contributed by atoms with van der Waals surface area (Å²) >= 11 is 0. The summed E-state index contributed by atoms with van der Waals surface area (Å²) in [5.41, 5.74) is 1.37. The summed E-state index contributed by atoms with van der Waals surface area (Å²) in [5.74, 6) is 0.682. The Balaban J connectivity index is 1.64. The Bertz CT molecular complexity index is 726. The van der Waals surface area contributed by atoms with Gasteiger partial charge in [-0.05, 0) is 24.5 Å². The maximum atomic E-state index is 12.3. The Morgan fingerprint density at radius 1 is 1.41 bits per heavy atom. The van der Waals surface area contributed by atoms with Gasteiger partial charge in [0.1, 0.15) is 5.75 Å². The van der Waals surface area contributed by atoms with E-state index in [4.69, 9.17) is 4.74 Å². The van der Waals surface area contributed by atoms with Crippen molar-refractivity contribution in [1.29, 1.82) is 0 Å². The average Bonchev–Trinajstić information content (AvgIpc) is 2.75. The maximum absolute atomic E-state index is 12.3. The van der Waals surface area contributed by atoms with Gasteiger partial charge in [-0.2, -0.15) is 0 Å². The zero-order chi connectivity index (χ0) is 15.4. The van der Waals surface area contributed by atoms with Crippen LogP contribution in [-0.4, -0.2) is 22.5 Å². The largest absolute Gasteiger partial charge is 0.493 e. The minimum absolute atomic E-state index is 0.0395. The summed E-state index contributed by atoms with van der Waals surface area (Å²) in [5, 5.41) is 2.84. The smallest absolute Gasteiger partial charge is 0.250 e. The van der Waals surface area contributed by atoms with Crippen LogP contribution in [0.3, 0.4) is 0 Å². The number of hydrogen-bond donors (Lipinski definition) is 2. The van der Waals surface area contributed by atoms with Crippen LogP contribution in [0.1, 0.15) is 17.7 Å². The van der Waals surface area contributed by atoms with Crippen molar-refractivity contribution in [3.05, 3.63) is 58.3 Å². The molecule has 6 nitrogen and oxygen atoms in total. The SMILES string of the molecule is O=C(NCc1cc(=O)[nH]cn1)[C@H]1CCOc2ccccc2C1. The van der Waals surface area contributed by atoms with Gasteiger partial charge in [0.15, 0.2) is 0 Å². The van der Waals surface area contributed by atoms with Crippen molar-refractivity contribution in [1.82, 2.24) is 15.3 Å². The zero-order valence-electron chi connectivity index (χ0n) is 12.0. The highest BCUT2D eigenvalue weighted by Gasteiger charge is 2.23. The summed E-state index contributed by atoms with van der Waals surface area (Å²) < 4.78 is 5.67. The van der Waals surface area contributed by atoms with Gasteiger partial charge >= 0.3 is 0 Å². The van der Waals surface area contributed by atoms with Gasteiger partial charge in [0, 0.05) is 12.0 Å². The van der Waals surface area contributed by atoms with Crippen molar-refractivity contribution < 1.29 is 9.53 Å². The van der Waals surface area contributed by atoms with Crippen LogP contribution >= 0.6 is 0 Å². The Morgan fingerprint density at radius 3 is 3.14 bits per heavy atom. The average molecular weight is 299 g/mol. The summed E-state index contributed by atoms with van der Waals surface area (Å²) in [6.45, 7) is 0.778. The lowest BCUT2D eigenvalue weighted by atomic mass is 9.96. The molecule has 0 saturated carbocycles. The number of fused-ring (bicyclic) bond motifs is 1. The molecule has 6 heteroatoms. The van der Waals surface area contributed by atoms with Gasteiger partial charge in [-0.15, -0.1) is 0 Å². The molecule has 114 valence electrons. The van der Waals surface area contributed by atoms with Crippen molar-refractivity contribution in [3.63, 3.8) is 0 Å². The number of hydrogen-bond acceptors (Lipinski definition) is 4. The number of rotatable bonds is 3. The van der Waals surface area contributed by atoms with E-state index < -0.39 is 0 Å². The molecule has 0 unspecified atom stereocenters. The van der Waals surface area contributed by atoms with Gasteiger partial charge in [-0.1, -0.05) is 18.2 Å². The number of H-pyrrole nitrogens is 1. The number of aromatic amines is 1. The molecule has 3 rings (SSSR count). The zero-order valence-corrected chi connectivity index (χ0v) is 12.0. The Morgan fingerprint density at radius 2 is 2.27 bits per heavy atom. The normalized spacial score (nSPS) is 17.0. The summed E-state index contributed by atoms with van der Waals surface area (Å²) in [7, 11) is 0. The number of benzene rings is 1. The lowest BCUT2D eigenvalue weighted by molar-refractivity contribution is -0.125. The van der Waals surface area contributed by atoms with Gasteiger partial charge in [-0.25, -0.2) is 4.98 Å². The molecule has 2 N–H and O–H groups in total. The fourth-order valence-electron chi connectivity index (χ4n) is 2.54. The van der Waals surface area contributed by atoms with E-state index in [9.17, 15) is 9.59 Å². The van der Waals surface area contributed by atoms with Crippen LogP contribution in [0.25, 0.3) is 0 Å². The van der Waals surface area contributed by atoms with E-state index in [-0.39, 0.29) is 23.9 Å².